The number of carbonyl (C=O) groups is 1. The predicted octanol–water partition coefficient (Wildman–Crippen LogP) is 8.84. The van der Waals surface area contributed by atoms with Crippen molar-refractivity contribution in [1.29, 1.82) is 0 Å². The Morgan fingerprint density at radius 2 is 1.54 bits per heavy atom. The number of hydrogen-bond acceptors (Lipinski definition) is 6. The summed E-state index contributed by atoms with van der Waals surface area (Å²) in [5.41, 5.74) is 3.13. The van der Waals surface area contributed by atoms with Crippen LogP contribution in [0, 0.1) is 13.8 Å². The maximum absolute atomic E-state index is 13.8. The number of anilines is 1. The van der Waals surface area contributed by atoms with Crippen LogP contribution >= 0.6 is 46.6 Å². The molecule has 0 bridgehead atoms. The molecule has 5 rings (SSSR count). The van der Waals surface area contributed by atoms with Gasteiger partial charge in [0.2, 0.25) is 0 Å². The molecular formula is C30H21Cl3N2O4S2. The van der Waals surface area contributed by atoms with Crippen LogP contribution in [0.3, 0.4) is 0 Å². The summed E-state index contributed by atoms with van der Waals surface area (Å²) in [6.07, 6.45) is 1.53. The minimum Gasteiger partial charge on any atom is -0.378 e. The third kappa shape index (κ3) is 6.47. The minimum atomic E-state index is -4.14. The fraction of sp³-hybridized carbons (Fsp3) is 0.0667. The Labute approximate surface area is 257 Å². The van der Waals surface area contributed by atoms with Crippen LogP contribution in [0.2, 0.25) is 15.1 Å². The first-order valence-electron chi connectivity index (χ1n) is 12.2. The third-order valence-corrected chi connectivity index (χ3v) is 9.36. The highest BCUT2D eigenvalue weighted by molar-refractivity contribution is 8.19. The molecule has 1 aliphatic heterocycles. The number of thioether (sulfide) groups is 1. The summed E-state index contributed by atoms with van der Waals surface area (Å²) in [6.45, 7) is 3.75. The number of carbonyl (C=O) groups excluding carboxylic acids is 1. The molecule has 0 aliphatic carbocycles. The summed E-state index contributed by atoms with van der Waals surface area (Å²) in [7, 11) is -4.14. The Bertz CT molecular complexity index is 1840. The lowest BCUT2D eigenvalue weighted by Crippen LogP contribution is -2.28. The van der Waals surface area contributed by atoms with Crippen LogP contribution in [0.25, 0.3) is 6.08 Å². The van der Waals surface area contributed by atoms with Gasteiger partial charge in [0, 0.05) is 20.6 Å². The maximum atomic E-state index is 13.8. The van der Waals surface area contributed by atoms with Crippen molar-refractivity contribution in [2.24, 2.45) is 4.99 Å². The number of nitrogens with zero attached hydrogens (tertiary/aromatic N) is 2. The van der Waals surface area contributed by atoms with Crippen molar-refractivity contribution in [3.05, 3.63) is 122 Å². The smallest absolute Gasteiger partial charge is 0.339 e. The number of hydrogen-bond donors (Lipinski definition) is 0. The molecule has 0 N–H and O–H groups in total. The van der Waals surface area contributed by atoms with E-state index >= 15 is 0 Å². The Morgan fingerprint density at radius 1 is 0.854 bits per heavy atom. The van der Waals surface area contributed by atoms with Gasteiger partial charge in [0.1, 0.15) is 10.6 Å². The van der Waals surface area contributed by atoms with Crippen molar-refractivity contribution >= 4 is 85.2 Å². The van der Waals surface area contributed by atoms with E-state index in [1.165, 1.54) is 41.3 Å². The van der Waals surface area contributed by atoms with Gasteiger partial charge in [-0.25, -0.2) is 4.99 Å². The molecule has 0 radical (unpaired) electrons. The van der Waals surface area contributed by atoms with Crippen LogP contribution in [0.15, 0.2) is 99.7 Å². The Morgan fingerprint density at radius 3 is 2.22 bits per heavy atom. The Kier molecular flexibility index (Phi) is 8.50. The molecule has 208 valence electrons. The first kappa shape index (κ1) is 29.2. The number of rotatable bonds is 6. The van der Waals surface area contributed by atoms with E-state index in [-0.39, 0.29) is 21.5 Å². The van der Waals surface area contributed by atoms with Gasteiger partial charge in [-0.3, -0.25) is 9.69 Å². The van der Waals surface area contributed by atoms with Gasteiger partial charge in [-0.2, -0.15) is 8.42 Å². The quantitative estimate of drug-likeness (QED) is 0.155. The highest BCUT2D eigenvalue weighted by atomic mass is 35.5. The van der Waals surface area contributed by atoms with Gasteiger partial charge < -0.3 is 4.18 Å². The lowest BCUT2D eigenvalue weighted by Gasteiger charge is -2.16. The monoisotopic (exact) mass is 642 g/mol. The molecule has 1 fully saturated rings. The second kappa shape index (κ2) is 11.9. The normalized spacial score (nSPS) is 15.6. The molecule has 0 unspecified atom stereocenters. The van der Waals surface area contributed by atoms with E-state index in [1.807, 2.05) is 26.0 Å². The van der Waals surface area contributed by atoms with Crippen molar-refractivity contribution in [3.8, 4) is 5.75 Å². The number of aliphatic imine (C=N–C) groups is 1. The second-order valence-electron chi connectivity index (χ2n) is 9.05. The second-order valence-corrected chi connectivity index (χ2v) is 12.9. The molecule has 1 saturated heterocycles. The first-order valence-corrected chi connectivity index (χ1v) is 15.5. The van der Waals surface area contributed by atoms with Gasteiger partial charge in [0.15, 0.2) is 5.17 Å². The molecule has 0 atom stereocenters. The first-order chi connectivity index (χ1) is 19.5. The van der Waals surface area contributed by atoms with E-state index in [9.17, 15) is 13.2 Å². The summed E-state index contributed by atoms with van der Waals surface area (Å²) < 4.78 is 31.4. The summed E-state index contributed by atoms with van der Waals surface area (Å²) in [4.78, 5) is 20.2. The van der Waals surface area contributed by atoms with Crippen molar-refractivity contribution in [3.63, 3.8) is 0 Å². The predicted molar refractivity (Wildman–Crippen MR) is 168 cm³/mol. The fourth-order valence-corrected chi connectivity index (χ4v) is 6.36. The van der Waals surface area contributed by atoms with Crippen molar-refractivity contribution in [1.82, 2.24) is 0 Å². The lowest BCUT2D eigenvalue weighted by molar-refractivity contribution is -0.113. The molecular weight excluding hydrogens is 623 g/mol. The van der Waals surface area contributed by atoms with Crippen molar-refractivity contribution in [2.45, 2.75) is 18.7 Å². The number of amidine groups is 1. The molecule has 41 heavy (non-hydrogen) atoms. The van der Waals surface area contributed by atoms with Crippen LogP contribution in [0.4, 0.5) is 11.4 Å². The van der Waals surface area contributed by atoms with Gasteiger partial charge in [0.25, 0.3) is 5.91 Å². The Hall–Kier alpha value is -3.27. The van der Waals surface area contributed by atoms with Crippen LogP contribution in [-0.2, 0) is 14.9 Å². The van der Waals surface area contributed by atoms with Crippen molar-refractivity contribution < 1.29 is 17.4 Å². The van der Waals surface area contributed by atoms with E-state index in [1.54, 1.807) is 42.5 Å². The van der Waals surface area contributed by atoms with Gasteiger partial charge >= 0.3 is 10.1 Å². The molecule has 4 aromatic rings. The third-order valence-electron chi connectivity index (χ3n) is 6.09. The van der Waals surface area contributed by atoms with Gasteiger partial charge in [-0.15, -0.1) is 0 Å². The van der Waals surface area contributed by atoms with E-state index in [4.69, 9.17) is 44.0 Å². The zero-order valence-electron chi connectivity index (χ0n) is 21.6. The molecule has 0 aromatic heterocycles. The molecule has 1 amide bonds. The zero-order chi connectivity index (χ0) is 29.3. The van der Waals surface area contributed by atoms with E-state index in [2.05, 4.69) is 0 Å². The highest BCUT2D eigenvalue weighted by Crippen LogP contribution is 2.40. The summed E-state index contributed by atoms with van der Waals surface area (Å²) in [6, 6.07) is 22.9. The average Bonchev–Trinajstić information content (AvgIpc) is 3.24. The molecule has 0 saturated carbocycles. The molecule has 6 nitrogen and oxygen atoms in total. The number of halogens is 3. The van der Waals surface area contributed by atoms with Crippen LogP contribution < -0.4 is 9.08 Å². The molecule has 11 heteroatoms. The number of aryl methyl sites for hydroxylation is 2. The molecule has 0 spiro atoms. The SMILES string of the molecule is Cc1ccc(N=C2S/C(=C/c3cc(Cl)ccc3OS(=O)(=O)c3ccccc3)C(=O)N2c2ccc(C)c(Cl)c2)cc1Cl. The van der Waals surface area contributed by atoms with E-state index < -0.39 is 10.1 Å². The van der Waals surface area contributed by atoms with Gasteiger partial charge in [-0.05, 0) is 97.4 Å². The zero-order valence-corrected chi connectivity index (χ0v) is 25.5. The van der Waals surface area contributed by atoms with Gasteiger partial charge in [0.05, 0.1) is 16.3 Å². The summed E-state index contributed by atoms with van der Waals surface area (Å²) in [5.74, 6) is -0.372. The van der Waals surface area contributed by atoms with E-state index in [0.29, 0.717) is 37.2 Å². The lowest BCUT2D eigenvalue weighted by atomic mass is 10.1. The van der Waals surface area contributed by atoms with E-state index in [0.717, 1.165) is 22.9 Å². The molecule has 4 aromatic carbocycles. The van der Waals surface area contributed by atoms with Crippen molar-refractivity contribution in [2.75, 3.05) is 4.90 Å². The Balaban J connectivity index is 1.59. The van der Waals surface area contributed by atoms with Crippen LogP contribution in [0.1, 0.15) is 16.7 Å². The maximum Gasteiger partial charge on any atom is 0.339 e. The molecule has 1 heterocycles. The topological polar surface area (TPSA) is 76.0 Å². The standard InChI is InChI=1S/C30H21Cl3N2O4S2/c1-18-8-11-22(16-25(18)32)34-30-35(23-12-9-19(2)26(33)17-23)29(36)28(40-30)15-20-14-21(31)10-13-27(20)39-41(37,38)24-6-4-3-5-7-24/h3-17H,1-2H3/b28-15+,34-30?. The largest absolute Gasteiger partial charge is 0.378 e. The summed E-state index contributed by atoms with van der Waals surface area (Å²) >= 11 is 20.1. The fourth-order valence-electron chi connectivity index (χ4n) is 3.86. The van der Waals surface area contributed by atoms with Crippen LogP contribution in [0.5, 0.6) is 5.75 Å². The average molecular weight is 644 g/mol. The van der Waals surface area contributed by atoms with Crippen LogP contribution in [-0.4, -0.2) is 19.5 Å². The number of amides is 1. The van der Waals surface area contributed by atoms with Gasteiger partial charge in [-0.1, -0.05) is 65.1 Å². The highest BCUT2D eigenvalue weighted by Gasteiger charge is 2.35. The summed E-state index contributed by atoms with van der Waals surface area (Å²) in [5, 5.41) is 1.74. The number of benzene rings is 4. The minimum absolute atomic E-state index is 0.00604. The molecule has 1 aliphatic rings.